The third-order valence-electron chi connectivity index (χ3n) is 5.32. The SMILES string of the molecule is COc1ccc2cc(CN(CCCN(C)C)C(=S)NC[C@@H]3CCCO3)c(=O)[nH]c2c1. The Hall–Kier alpha value is -2.16. The van der Waals surface area contributed by atoms with Crippen molar-refractivity contribution in [2.24, 2.45) is 0 Å². The van der Waals surface area contributed by atoms with Gasteiger partial charge < -0.3 is 29.6 Å². The number of benzene rings is 1. The van der Waals surface area contributed by atoms with E-state index in [1.54, 1.807) is 7.11 Å². The van der Waals surface area contributed by atoms with Crippen molar-refractivity contribution in [3.05, 3.63) is 40.2 Å². The molecule has 8 heteroatoms. The number of pyridine rings is 1. The number of aromatic nitrogens is 1. The maximum atomic E-state index is 12.7. The van der Waals surface area contributed by atoms with E-state index in [-0.39, 0.29) is 11.7 Å². The molecule has 1 atom stereocenters. The molecule has 2 aromatic rings. The minimum atomic E-state index is -0.102. The van der Waals surface area contributed by atoms with E-state index in [1.807, 2.05) is 24.3 Å². The van der Waals surface area contributed by atoms with Crippen LogP contribution in [-0.2, 0) is 11.3 Å². The number of thiocarbonyl (C=S) groups is 1. The summed E-state index contributed by atoms with van der Waals surface area (Å²) in [6.45, 7) is 3.72. The van der Waals surface area contributed by atoms with Gasteiger partial charge in [-0.05, 0) is 75.7 Å². The molecule has 7 nitrogen and oxygen atoms in total. The summed E-state index contributed by atoms with van der Waals surface area (Å²) in [5.41, 5.74) is 1.36. The number of hydrogen-bond acceptors (Lipinski definition) is 5. The Bertz CT molecular complexity index is 909. The molecular weight excluding hydrogens is 400 g/mol. The maximum absolute atomic E-state index is 12.7. The summed E-state index contributed by atoms with van der Waals surface area (Å²) in [6, 6.07) is 7.63. The van der Waals surface area contributed by atoms with Gasteiger partial charge in [0.2, 0.25) is 0 Å². The summed E-state index contributed by atoms with van der Waals surface area (Å²) in [5, 5.41) is 4.98. The lowest BCUT2D eigenvalue weighted by molar-refractivity contribution is 0.113. The Morgan fingerprint density at radius 3 is 2.87 bits per heavy atom. The number of ether oxygens (including phenoxy) is 2. The summed E-state index contributed by atoms with van der Waals surface area (Å²) < 4.78 is 10.9. The Balaban J connectivity index is 1.74. The first-order valence-electron chi connectivity index (χ1n) is 10.5. The molecule has 3 rings (SSSR count). The fraction of sp³-hybridized carbons (Fsp3) is 0.545. The zero-order chi connectivity index (χ0) is 21.5. The highest BCUT2D eigenvalue weighted by molar-refractivity contribution is 7.80. The second-order valence-electron chi connectivity index (χ2n) is 7.98. The lowest BCUT2D eigenvalue weighted by Gasteiger charge is -2.27. The molecule has 0 unspecified atom stereocenters. The average molecular weight is 433 g/mol. The summed E-state index contributed by atoms with van der Waals surface area (Å²) in [4.78, 5) is 19.9. The molecule has 0 radical (unpaired) electrons. The quantitative estimate of drug-likeness (QED) is 0.590. The van der Waals surface area contributed by atoms with Crippen LogP contribution in [0.25, 0.3) is 10.9 Å². The number of rotatable bonds is 9. The number of hydrogen-bond donors (Lipinski definition) is 2. The Morgan fingerprint density at radius 2 is 2.17 bits per heavy atom. The normalized spacial score (nSPS) is 16.2. The minimum Gasteiger partial charge on any atom is -0.497 e. The molecule has 1 aromatic heterocycles. The van der Waals surface area contributed by atoms with Crippen molar-refractivity contribution in [1.82, 2.24) is 20.1 Å². The van der Waals surface area contributed by atoms with Crippen LogP contribution in [0.2, 0.25) is 0 Å². The van der Waals surface area contributed by atoms with Crippen molar-refractivity contribution >= 4 is 28.2 Å². The molecule has 0 spiro atoms. The molecule has 1 saturated heterocycles. The fourth-order valence-electron chi connectivity index (χ4n) is 3.62. The molecule has 1 aliphatic heterocycles. The first-order chi connectivity index (χ1) is 14.5. The minimum absolute atomic E-state index is 0.102. The molecular formula is C22H32N4O3S. The van der Waals surface area contributed by atoms with Gasteiger partial charge >= 0.3 is 0 Å². The number of H-pyrrole nitrogens is 1. The molecule has 164 valence electrons. The van der Waals surface area contributed by atoms with Gasteiger partial charge in [0.15, 0.2) is 5.11 Å². The molecule has 30 heavy (non-hydrogen) atoms. The van der Waals surface area contributed by atoms with E-state index in [0.29, 0.717) is 23.8 Å². The highest BCUT2D eigenvalue weighted by Crippen LogP contribution is 2.19. The van der Waals surface area contributed by atoms with Crippen LogP contribution in [0.4, 0.5) is 0 Å². The van der Waals surface area contributed by atoms with E-state index in [4.69, 9.17) is 21.7 Å². The van der Waals surface area contributed by atoms with Crippen molar-refractivity contribution in [2.45, 2.75) is 31.9 Å². The molecule has 1 fully saturated rings. The molecule has 1 aliphatic rings. The van der Waals surface area contributed by atoms with Crippen molar-refractivity contribution in [3.8, 4) is 5.75 Å². The van der Waals surface area contributed by atoms with Crippen LogP contribution in [0.1, 0.15) is 24.8 Å². The van der Waals surface area contributed by atoms with Gasteiger partial charge in [-0.2, -0.15) is 0 Å². The smallest absolute Gasteiger partial charge is 0.253 e. The third-order valence-corrected chi connectivity index (χ3v) is 5.72. The van der Waals surface area contributed by atoms with Gasteiger partial charge in [-0.25, -0.2) is 0 Å². The lowest BCUT2D eigenvalue weighted by atomic mass is 10.1. The zero-order valence-electron chi connectivity index (χ0n) is 18.1. The second kappa shape index (κ2) is 10.7. The molecule has 0 amide bonds. The first-order valence-corrected chi connectivity index (χ1v) is 10.9. The summed E-state index contributed by atoms with van der Waals surface area (Å²) in [7, 11) is 5.73. The molecule has 1 aromatic carbocycles. The van der Waals surface area contributed by atoms with E-state index in [2.05, 4.69) is 34.2 Å². The molecule has 2 N–H and O–H groups in total. The largest absolute Gasteiger partial charge is 0.497 e. The number of nitrogens with zero attached hydrogens (tertiary/aromatic N) is 2. The van der Waals surface area contributed by atoms with E-state index < -0.39 is 0 Å². The van der Waals surface area contributed by atoms with Crippen molar-refractivity contribution in [3.63, 3.8) is 0 Å². The lowest BCUT2D eigenvalue weighted by Crippen LogP contribution is -2.43. The number of nitrogens with one attached hydrogen (secondary N) is 2. The van der Waals surface area contributed by atoms with Crippen LogP contribution >= 0.6 is 12.2 Å². The fourth-order valence-corrected chi connectivity index (χ4v) is 3.86. The Morgan fingerprint density at radius 1 is 1.33 bits per heavy atom. The summed E-state index contributed by atoms with van der Waals surface area (Å²) >= 11 is 5.68. The standard InChI is InChI=1S/C22H32N4O3S/c1-25(2)9-5-10-26(22(30)23-14-19-6-4-11-29-19)15-17-12-16-7-8-18(28-3)13-20(16)24-21(17)27/h7-8,12-13,19H,4-6,9-11,14-15H2,1-3H3,(H,23,30)(H,24,27)/t19-/m0/s1. The van der Waals surface area contributed by atoms with Crippen LogP contribution in [0.3, 0.4) is 0 Å². The van der Waals surface area contributed by atoms with Gasteiger partial charge in [-0.15, -0.1) is 0 Å². The number of fused-ring (bicyclic) bond motifs is 1. The van der Waals surface area contributed by atoms with Gasteiger partial charge in [0.1, 0.15) is 5.75 Å². The maximum Gasteiger partial charge on any atom is 0.253 e. The molecule has 0 bridgehead atoms. The predicted molar refractivity (Wildman–Crippen MR) is 124 cm³/mol. The monoisotopic (exact) mass is 432 g/mol. The topological polar surface area (TPSA) is 69.8 Å². The predicted octanol–water partition coefficient (Wildman–Crippen LogP) is 2.34. The van der Waals surface area contributed by atoms with E-state index in [9.17, 15) is 4.79 Å². The van der Waals surface area contributed by atoms with Crippen molar-refractivity contribution < 1.29 is 9.47 Å². The van der Waals surface area contributed by atoms with E-state index in [1.165, 1.54) is 0 Å². The van der Waals surface area contributed by atoms with Crippen LogP contribution in [0.15, 0.2) is 29.1 Å². The Labute approximate surface area is 183 Å². The second-order valence-corrected chi connectivity index (χ2v) is 8.36. The first kappa shape index (κ1) is 22.5. The highest BCUT2D eigenvalue weighted by atomic mass is 32.1. The average Bonchev–Trinajstić information content (AvgIpc) is 3.24. The summed E-state index contributed by atoms with van der Waals surface area (Å²) in [6.07, 6.45) is 3.33. The van der Waals surface area contributed by atoms with Crippen LogP contribution in [0.5, 0.6) is 5.75 Å². The van der Waals surface area contributed by atoms with E-state index in [0.717, 1.165) is 55.6 Å². The van der Waals surface area contributed by atoms with Crippen LogP contribution < -0.4 is 15.6 Å². The van der Waals surface area contributed by atoms with Crippen molar-refractivity contribution in [1.29, 1.82) is 0 Å². The molecule has 0 aliphatic carbocycles. The highest BCUT2D eigenvalue weighted by Gasteiger charge is 2.18. The zero-order valence-corrected chi connectivity index (χ0v) is 18.9. The summed E-state index contributed by atoms with van der Waals surface area (Å²) in [5.74, 6) is 0.718. The van der Waals surface area contributed by atoms with Crippen LogP contribution in [-0.4, -0.2) is 73.4 Å². The van der Waals surface area contributed by atoms with Gasteiger partial charge in [0, 0.05) is 31.3 Å². The van der Waals surface area contributed by atoms with Gasteiger partial charge in [-0.3, -0.25) is 4.79 Å². The Kier molecular flexibility index (Phi) is 8.07. The van der Waals surface area contributed by atoms with Gasteiger partial charge in [-0.1, -0.05) is 0 Å². The number of methoxy groups -OCH3 is 1. The number of aromatic amines is 1. The van der Waals surface area contributed by atoms with E-state index >= 15 is 0 Å². The van der Waals surface area contributed by atoms with Crippen LogP contribution in [0, 0.1) is 0 Å². The molecule has 0 saturated carbocycles. The van der Waals surface area contributed by atoms with Gasteiger partial charge in [0.25, 0.3) is 5.56 Å². The van der Waals surface area contributed by atoms with Crippen molar-refractivity contribution in [2.75, 3.05) is 47.4 Å². The third kappa shape index (κ3) is 6.17. The molecule has 2 heterocycles. The van der Waals surface area contributed by atoms with Gasteiger partial charge in [0.05, 0.1) is 25.3 Å².